The van der Waals surface area contributed by atoms with E-state index in [2.05, 4.69) is 26.9 Å². The normalized spacial score (nSPS) is 15.3. The van der Waals surface area contributed by atoms with Gasteiger partial charge in [-0.3, -0.25) is 9.88 Å². The van der Waals surface area contributed by atoms with Crippen LogP contribution in [-0.4, -0.2) is 60.4 Å². The third kappa shape index (κ3) is 5.97. The van der Waals surface area contributed by atoms with Gasteiger partial charge in [-0.2, -0.15) is 0 Å². The number of H-pyrrole nitrogens is 1. The largest absolute Gasteiger partial charge is 0.491 e. The highest BCUT2D eigenvalue weighted by Gasteiger charge is 2.20. The molecule has 1 fully saturated rings. The Morgan fingerprint density at radius 1 is 0.943 bits per heavy atom. The molecule has 1 atom stereocenters. The number of aliphatic hydroxyl groups excluding tert-OH is 1. The van der Waals surface area contributed by atoms with Crippen molar-refractivity contribution in [3.63, 3.8) is 0 Å². The first-order chi connectivity index (χ1) is 17.0. The molecule has 35 heavy (non-hydrogen) atoms. The molecule has 0 saturated carbocycles. The number of anilines is 1. The van der Waals surface area contributed by atoms with E-state index < -0.39 is 11.9 Å². The maximum absolute atomic E-state index is 11.3. The highest BCUT2D eigenvalue weighted by Crippen LogP contribution is 2.26. The van der Waals surface area contributed by atoms with Crippen LogP contribution in [0.2, 0.25) is 5.02 Å². The number of aliphatic hydroxyl groups is 1. The van der Waals surface area contributed by atoms with E-state index in [-0.39, 0.29) is 6.61 Å². The van der Waals surface area contributed by atoms with Gasteiger partial charge in [-0.25, -0.2) is 4.79 Å². The first-order valence-electron chi connectivity index (χ1n) is 11.5. The molecular formula is C26H26ClN3O5. The van der Waals surface area contributed by atoms with E-state index in [1.54, 1.807) is 30.3 Å². The predicted molar refractivity (Wildman–Crippen MR) is 135 cm³/mol. The van der Waals surface area contributed by atoms with E-state index in [4.69, 9.17) is 25.5 Å². The molecule has 0 amide bonds. The standard InChI is InChI=1S/C26H26ClN3O5/c27-18-1-5-21(6-2-18)34-22-7-3-19(4-8-22)30-13-11-29(12-14-30)16-20(31)17-33-23-9-10-24-25(15-23)35-26(32)28-24/h1-10,15,20,31H,11-14,16-17H2,(H,28,32)/t20-/m0/s1. The van der Waals surface area contributed by atoms with Crippen LogP contribution in [0, 0.1) is 0 Å². The third-order valence-corrected chi connectivity index (χ3v) is 6.18. The van der Waals surface area contributed by atoms with Gasteiger partial charge in [-0.15, -0.1) is 0 Å². The van der Waals surface area contributed by atoms with Gasteiger partial charge in [0.25, 0.3) is 0 Å². The van der Waals surface area contributed by atoms with Crippen molar-refractivity contribution >= 4 is 28.4 Å². The number of halogens is 1. The Morgan fingerprint density at radius 3 is 2.31 bits per heavy atom. The SMILES string of the molecule is O=c1[nH]c2ccc(OC[C@@H](O)CN3CCN(c4ccc(Oc5ccc(Cl)cc5)cc4)CC3)cc2o1. The minimum Gasteiger partial charge on any atom is -0.491 e. The van der Waals surface area contributed by atoms with Gasteiger partial charge in [0.15, 0.2) is 5.58 Å². The van der Waals surface area contributed by atoms with E-state index in [1.807, 2.05) is 24.3 Å². The maximum atomic E-state index is 11.3. The molecule has 8 nitrogen and oxygen atoms in total. The Hall–Kier alpha value is -3.46. The summed E-state index contributed by atoms with van der Waals surface area (Å²) in [5.74, 6) is 1.57. The lowest BCUT2D eigenvalue weighted by Crippen LogP contribution is -2.49. The molecule has 0 spiro atoms. The van der Waals surface area contributed by atoms with Crippen LogP contribution in [-0.2, 0) is 0 Å². The number of aromatic amines is 1. The van der Waals surface area contributed by atoms with E-state index in [0.29, 0.717) is 28.4 Å². The van der Waals surface area contributed by atoms with Crippen molar-refractivity contribution in [1.82, 2.24) is 9.88 Å². The van der Waals surface area contributed by atoms with Gasteiger partial charge in [0.1, 0.15) is 30.0 Å². The van der Waals surface area contributed by atoms with Crippen LogP contribution in [0.3, 0.4) is 0 Å². The summed E-state index contributed by atoms with van der Waals surface area (Å²) >= 11 is 5.92. The Kier molecular flexibility index (Phi) is 6.94. The fourth-order valence-electron chi connectivity index (χ4n) is 4.11. The van der Waals surface area contributed by atoms with Crippen LogP contribution in [0.1, 0.15) is 0 Å². The average molecular weight is 496 g/mol. The number of oxazole rings is 1. The first kappa shape index (κ1) is 23.3. The number of benzene rings is 3. The zero-order valence-corrected chi connectivity index (χ0v) is 19.8. The van der Waals surface area contributed by atoms with Gasteiger partial charge in [-0.1, -0.05) is 11.6 Å². The molecular weight excluding hydrogens is 470 g/mol. The number of nitrogens with zero attached hydrogens (tertiary/aromatic N) is 2. The molecule has 1 aromatic heterocycles. The first-order valence-corrected chi connectivity index (χ1v) is 11.8. The molecule has 1 saturated heterocycles. The van der Waals surface area contributed by atoms with Crippen molar-refractivity contribution in [1.29, 1.82) is 0 Å². The second-order valence-corrected chi connectivity index (χ2v) is 8.91. The van der Waals surface area contributed by atoms with Crippen LogP contribution in [0.15, 0.2) is 75.9 Å². The zero-order valence-electron chi connectivity index (χ0n) is 19.0. The van der Waals surface area contributed by atoms with Gasteiger partial charge in [-0.05, 0) is 60.7 Å². The molecule has 3 aromatic carbocycles. The van der Waals surface area contributed by atoms with Gasteiger partial charge in [0.2, 0.25) is 0 Å². The number of β-amino-alcohol motifs (C(OH)–C–C–N with tert-alkyl or cyclic N) is 1. The summed E-state index contributed by atoms with van der Waals surface area (Å²) < 4.78 is 16.6. The number of hydrogen-bond acceptors (Lipinski definition) is 7. The lowest BCUT2D eigenvalue weighted by atomic mass is 10.2. The summed E-state index contributed by atoms with van der Waals surface area (Å²) in [7, 11) is 0. The molecule has 0 radical (unpaired) electrons. The number of ether oxygens (including phenoxy) is 2. The number of aromatic nitrogens is 1. The number of nitrogens with one attached hydrogen (secondary N) is 1. The number of rotatable bonds is 8. The van der Waals surface area contributed by atoms with Crippen molar-refractivity contribution in [3.05, 3.63) is 82.3 Å². The highest BCUT2D eigenvalue weighted by atomic mass is 35.5. The van der Waals surface area contributed by atoms with Crippen molar-refractivity contribution in [2.45, 2.75) is 6.10 Å². The molecule has 4 aromatic rings. The molecule has 0 bridgehead atoms. The quantitative estimate of drug-likeness (QED) is 0.380. The smallest absolute Gasteiger partial charge is 0.417 e. The van der Waals surface area contributed by atoms with Crippen LogP contribution in [0.5, 0.6) is 17.2 Å². The predicted octanol–water partition coefficient (Wildman–Crippen LogP) is 4.13. The molecule has 1 aliphatic heterocycles. The third-order valence-electron chi connectivity index (χ3n) is 5.93. The summed E-state index contributed by atoms with van der Waals surface area (Å²) in [5, 5.41) is 11.1. The number of hydrogen-bond donors (Lipinski definition) is 2. The number of piperazine rings is 1. The molecule has 1 aliphatic rings. The molecule has 182 valence electrons. The van der Waals surface area contributed by atoms with Crippen LogP contribution < -0.4 is 20.1 Å². The zero-order chi connectivity index (χ0) is 24.2. The topological polar surface area (TPSA) is 91.2 Å². The molecule has 0 aliphatic carbocycles. The van der Waals surface area contributed by atoms with E-state index in [1.165, 1.54) is 0 Å². The summed E-state index contributed by atoms with van der Waals surface area (Å²) in [6.45, 7) is 4.13. The molecule has 5 rings (SSSR count). The molecule has 2 heterocycles. The van der Waals surface area contributed by atoms with Gasteiger partial charge in [0, 0.05) is 49.5 Å². The summed E-state index contributed by atoms with van der Waals surface area (Å²) in [5.41, 5.74) is 2.19. The fraction of sp³-hybridized carbons (Fsp3) is 0.269. The van der Waals surface area contributed by atoms with Gasteiger partial charge >= 0.3 is 5.76 Å². The van der Waals surface area contributed by atoms with Crippen LogP contribution in [0.4, 0.5) is 5.69 Å². The van der Waals surface area contributed by atoms with Crippen LogP contribution in [0.25, 0.3) is 11.1 Å². The minimum absolute atomic E-state index is 0.162. The Labute approximate surface area is 207 Å². The summed E-state index contributed by atoms with van der Waals surface area (Å²) in [6.07, 6.45) is -0.625. The summed E-state index contributed by atoms with van der Waals surface area (Å²) in [4.78, 5) is 18.4. The van der Waals surface area contributed by atoms with Crippen molar-refractivity contribution < 1.29 is 19.0 Å². The van der Waals surface area contributed by atoms with Crippen molar-refractivity contribution in [2.75, 3.05) is 44.2 Å². The molecule has 2 N–H and O–H groups in total. The number of fused-ring (bicyclic) bond motifs is 1. The van der Waals surface area contributed by atoms with Crippen LogP contribution >= 0.6 is 11.6 Å². The Bertz CT molecular complexity index is 1310. The van der Waals surface area contributed by atoms with E-state index in [9.17, 15) is 9.90 Å². The lowest BCUT2D eigenvalue weighted by Gasteiger charge is -2.36. The van der Waals surface area contributed by atoms with E-state index >= 15 is 0 Å². The highest BCUT2D eigenvalue weighted by molar-refractivity contribution is 6.30. The Balaban J connectivity index is 1.07. The minimum atomic E-state index is -0.625. The van der Waals surface area contributed by atoms with Gasteiger partial charge < -0.3 is 23.9 Å². The average Bonchev–Trinajstić information content (AvgIpc) is 3.24. The second-order valence-electron chi connectivity index (χ2n) is 8.47. The fourth-order valence-corrected chi connectivity index (χ4v) is 4.24. The van der Waals surface area contributed by atoms with Crippen molar-refractivity contribution in [3.8, 4) is 17.2 Å². The van der Waals surface area contributed by atoms with Crippen molar-refractivity contribution in [2.24, 2.45) is 0 Å². The van der Waals surface area contributed by atoms with Gasteiger partial charge in [0.05, 0.1) is 5.52 Å². The Morgan fingerprint density at radius 2 is 1.60 bits per heavy atom. The molecule has 0 unspecified atom stereocenters. The van der Waals surface area contributed by atoms with E-state index in [0.717, 1.165) is 43.4 Å². The lowest BCUT2D eigenvalue weighted by molar-refractivity contribution is 0.0663. The maximum Gasteiger partial charge on any atom is 0.417 e. The monoisotopic (exact) mass is 495 g/mol. The molecule has 9 heteroatoms. The summed E-state index contributed by atoms with van der Waals surface area (Å²) in [6, 6.07) is 20.4. The second kappa shape index (κ2) is 10.4.